The average Bonchev–Trinajstić information content (AvgIpc) is 2.69. The molecule has 6 heteroatoms. The Kier molecular flexibility index (Phi) is 4.47. The average molecular weight is 289 g/mol. The smallest absolute Gasteiger partial charge is 0.341 e. The Bertz CT molecular complexity index is 650. The third kappa shape index (κ3) is 3.53. The van der Waals surface area contributed by atoms with Crippen LogP contribution < -0.4 is 10.1 Å². The number of aromatic nitrogens is 2. The summed E-state index contributed by atoms with van der Waals surface area (Å²) in [5, 5.41) is 16.4. The standard InChI is InChI=1S/C15H19N3O3/c1-10-5-4-6-12(9-10)21-8-7-16-14-13(15(19)20)11(2)17-18(14)3/h4-6,9,16H,7-8H2,1-3H3,(H,19,20). The minimum absolute atomic E-state index is 0.202. The first-order valence-electron chi connectivity index (χ1n) is 6.69. The molecule has 0 bridgehead atoms. The van der Waals surface area contributed by atoms with Gasteiger partial charge in [-0.2, -0.15) is 5.10 Å². The van der Waals surface area contributed by atoms with Gasteiger partial charge in [0.05, 0.1) is 12.2 Å². The molecule has 0 saturated carbocycles. The Morgan fingerprint density at radius 3 is 2.86 bits per heavy atom. The van der Waals surface area contributed by atoms with Crippen molar-refractivity contribution in [3.63, 3.8) is 0 Å². The van der Waals surface area contributed by atoms with Crippen LogP contribution in [0.5, 0.6) is 5.75 Å². The van der Waals surface area contributed by atoms with Crippen molar-refractivity contribution < 1.29 is 14.6 Å². The van der Waals surface area contributed by atoms with Crippen molar-refractivity contribution in [3.8, 4) is 5.75 Å². The SMILES string of the molecule is Cc1cccc(OCCNc2c(C(=O)O)c(C)nn2C)c1. The molecule has 0 aliphatic heterocycles. The molecule has 0 amide bonds. The fourth-order valence-electron chi connectivity index (χ4n) is 2.16. The highest BCUT2D eigenvalue weighted by Gasteiger charge is 2.18. The van der Waals surface area contributed by atoms with E-state index in [-0.39, 0.29) is 5.56 Å². The summed E-state index contributed by atoms with van der Waals surface area (Å²) in [4.78, 5) is 11.2. The number of anilines is 1. The number of hydrogen-bond acceptors (Lipinski definition) is 4. The predicted molar refractivity (Wildman–Crippen MR) is 80.1 cm³/mol. The highest BCUT2D eigenvalue weighted by molar-refractivity contribution is 5.94. The topological polar surface area (TPSA) is 76.4 Å². The first-order chi connectivity index (χ1) is 9.99. The predicted octanol–water partition coefficient (Wildman–Crippen LogP) is 2.23. The van der Waals surface area contributed by atoms with E-state index in [0.29, 0.717) is 24.7 Å². The van der Waals surface area contributed by atoms with Crippen molar-refractivity contribution >= 4 is 11.8 Å². The molecule has 2 aromatic rings. The van der Waals surface area contributed by atoms with Crippen molar-refractivity contribution in [1.29, 1.82) is 0 Å². The van der Waals surface area contributed by atoms with Gasteiger partial charge in [0.2, 0.25) is 0 Å². The molecule has 0 saturated heterocycles. The molecule has 0 radical (unpaired) electrons. The van der Waals surface area contributed by atoms with Crippen LogP contribution in [-0.2, 0) is 7.05 Å². The molecule has 0 aliphatic carbocycles. The van der Waals surface area contributed by atoms with Crippen molar-refractivity contribution in [2.45, 2.75) is 13.8 Å². The number of hydrogen-bond donors (Lipinski definition) is 2. The maximum atomic E-state index is 11.2. The van der Waals surface area contributed by atoms with Gasteiger partial charge in [-0.25, -0.2) is 4.79 Å². The number of rotatable bonds is 6. The molecule has 0 unspecified atom stereocenters. The van der Waals surface area contributed by atoms with Crippen LogP contribution in [0, 0.1) is 13.8 Å². The Morgan fingerprint density at radius 2 is 2.19 bits per heavy atom. The van der Waals surface area contributed by atoms with Crippen molar-refractivity contribution in [3.05, 3.63) is 41.1 Å². The molecule has 2 rings (SSSR count). The normalized spacial score (nSPS) is 10.4. The highest BCUT2D eigenvalue weighted by atomic mass is 16.5. The minimum Gasteiger partial charge on any atom is -0.492 e. The van der Waals surface area contributed by atoms with E-state index in [1.165, 1.54) is 4.68 Å². The second kappa shape index (κ2) is 6.30. The zero-order valence-electron chi connectivity index (χ0n) is 12.4. The zero-order chi connectivity index (χ0) is 15.4. The molecular weight excluding hydrogens is 270 g/mol. The summed E-state index contributed by atoms with van der Waals surface area (Å²) in [5.41, 5.74) is 1.83. The van der Waals surface area contributed by atoms with Crippen LogP contribution >= 0.6 is 0 Å². The van der Waals surface area contributed by atoms with Crippen LogP contribution in [0.15, 0.2) is 24.3 Å². The van der Waals surface area contributed by atoms with Crippen molar-refractivity contribution in [2.75, 3.05) is 18.5 Å². The Balaban J connectivity index is 1.94. The minimum atomic E-state index is -0.984. The lowest BCUT2D eigenvalue weighted by Crippen LogP contribution is -2.15. The molecular formula is C15H19N3O3. The number of carboxylic acid groups (broad SMARTS) is 1. The van der Waals surface area contributed by atoms with Crippen molar-refractivity contribution in [1.82, 2.24) is 9.78 Å². The Labute approximate surface area is 123 Å². The summed E-state index contributed by atoms with van der Waals surface area (Å²) in [6, 6.07) is 7.79. The summed E-state index contributed by atoms with van der Waals surface area (Å²) in [6.07, 6.45) is 0. The van der Waals surface area contributed by atoms with E-state index in [9.17, 15) is 9.90 Å². The van der Waals surface area contributed by atoms with E-state index >= 15 is 0 Å². The Morgan fingerprint density at radius 1 is 1.43 bits per heavy atom. The Hall–Kier alpha value is -2.50. The van der Waals surface area contributed by atoms with Gasteiger partial charge in [-0.05, 0) is 31.5 Å². The fourth-order valence-corrected chi connectivity index (χ4v) is 2.16. The molecule has 1 aromatic heterocycles. The van der Waals surface area contributed by atoms with Crippen LogP contribution in [0.4, 0.5) is 5.82 Å². The lowest BCUT2D eigenvalue weighted by Gasteiger charge is -2.10. The quantitative estimate of drug-likeness (QED) is 0.797. The summed E-state index contributed by atoms with van der Waals surface area (Å²) in [6.45, 7) is 4.61. The largest absolute Gasteiger partial charge is 0.492 e. The first kappa shape index (κ1) is 14.9. The number of nitrogens with one attached hydrogen (secondary N) is 1. The third-order valence-electron chi connectivity index (χ3n) is 3.09. The molecule has 6 nitrogen and oxygen atoms in total. The molecule has 1 aromatic carbocycles. The van der Waals surface area contributed by atoms with Crippen molar-refractivity contribution in [2.24, 2.45) is 7.05 Å². The molecule has 0 atom stereocenters. The van der Waals surface area contributed by atoms with Gasteiger partial charge in [0.25, 0.3) is 0 Å². The van der Waals surface area contributed by atoms with Gasteiger partial charge in [-0.3, -0.25) is 4.68 Å². The number of benzene rings is 1. The summed E-state index contributed by atoms with van der Waals surface area (Å²) in [7, 11) is 1.71. The van der Waals surface area contributed by atoms with E-state index in [1.54, 1.807) is 14.0 Å². The lowest BCUT2D eigenvalue weighted by atomic mass is 10.2. The molecule has 1 heterocycles. The number of nitrogens with zero attached hydrogens (tertiary/aromatic N) is 2. The van der Waals surface area contributed by atoms with Gasteiger partial charge in [0, 0.05) is 7.05 Å². The molecule has 2 N–H and O–H groups in total. The molecule has 112 valence electrons. The number of aryl methyl sites for hydroxylation is 3. The van der Waals surface area contributed by atoms with Crippen LogP contribution in [-0.4, -0.2) is 34.0 Å². The van der Waals surface area contributed by atoms with Gasteiger partial charge < -0.3 is 15.2 Å². The van der Waals surface area contributed by atoms with Crippen LogP contribution in [0.25, 0.3) is 0 Å². The second-order valence-electron chi connectivity index (χ2n) is 4.83. The first-order valence-corrected chi connectivity index (χ1v) is 6.69. The summed E-state index contributed by atoms with van der Waals surface area (Å²) >= 11 is 0. The number of carboxylic acids is 1. The third-order valence-corrected chi connectivity index (χ3v) is 3.09. The summed E-state index contributed by atoms with van der Waals surface area (Å²) < 4.78 is 7.15. The molecule has 0 fully saturated rings. The highest BCUT2D eigenvalue weighted by Crippen LogP contribution is 2.18. The van der Waals surface area contributed by atoms with E-state index in [0.717, 1.165) is 11.3 Å². The van der Waals surface area contributed by atoms with Gasteiger partial charge in [-0.1, -0.05) is 12.1 Å². The maximum absolute atomic E-state index is 11.2. The second-order valence-corrected chi connectivity index (χ2v) is 4.83. The van der Waals surface area contributed by atoms with Crippen LogP contribution in [0.1, 0.15) is 21.6 Å². The maximum Gasteiger partial charge on any atom is 0.341 e. The monoisotopic (exact) mass is 289 g/mol. The van der Waals surface area contributed by atoms with Gasteiger partial charge in [-0.15, -0.1) is 0 Å². The van der Waals surface area contributed by atoms with Gasteiger partial charge >= 0.3 is 5.97 Å². The lowest BCUT2D eigenvalue weighted by molar-refractivity contribution is 0.0697. The molecule has 21 heavy (non-hydrogen) atoms. The van der Waals surface area contributed by atoms with E-state index < -0.39 is 5.97 Å². The number of ether oxygens (including phenoxy) is 1. The molecule has 0 spiro atoms. The van der Waals surface area contributed by atoms with E-state index in [2.05, 4.69) is 10.4 Å². The number of carbonyl (C=O) groups is 1. The van der Waals surface area contributed by atoms with Gasteiger partial charge in [0.1, 0.15) is 23.7 Å². The van der Waals surface area contributed by atoms with E-state index in [1.807, 2.05) is 31.2 Å². The summed E-state index contributed by atoms with van der Waals surface area (Å²) in [5.74, 6) is 0.312. The zero-order valence-corrected chi connectivity index (χ0v) is 12.4. The van der Waals surface area contributed by atoms with Crippen LogP contribution in [0.2, 0.25) is 0 Å². The van der Waals surface area contributed by atoms with Gasteiger partial charge in [0.15, 0.2) is 0 Å². The van der Waals surface area contributed by atoms with E-state index in [4.69, 9.17) is 4.74 Å². The number of aromatic carboxylic acids is 1. The van der Waals surface area contributed by atoms with Crippen LogP contribution in [0.3, 0.4) is 0 Å². The molecule has 0 aliphatic rings. The fraction of sp³-hybridized carbons (Fsp3) is 0.333.